The second kappa shape index (κ2) is 12.2. The molecule has 0 saturated carbocycles. The maximum absolute atomic E-state index is 12.8. The highest BCUT2D eigenvalue weighted by Gasteiger charge is 2.48. The van der Waals surface area contributed by atoms with Crippen LogP contribution in [0.15, 0.2) is 101 Å². The van der Waals surface area contributed by atoms with Gasteiger partial charge in [0.05, 0.1) is 11.1 Å². The lowest BCUT2D eigenvalue weighted by Crippen LogP contribution is -2.58. The van der Waals surface area contributed by atoms with Gasteiger partial charge in [-0.15, -0.1) is 0 Å². The number of aliphatic hydroxyl groups excluding tert-OH is 1. The Balaban J connectivity index is 1.58. The van der Waals surface area contributed by atoms with Gasteiger partial charge in [0, 0.05) is 9.81 Å². The first-order valence-electron chi connectivity index (χ1n) is 11.1. The molecule has 0 aliphatic carbocycles. The van der Waals surface area contributed by atoms with Crippen LogP contribution in [0.1, 0.15) is 20.7 Å². The minimum atomic E-state index is -1.43. The molecule has 36 heavy (non-hydrogen) atoms. The molecule has 3 aromatic carbocycles. The number of carbonyl (C=O) groups excluding carboxylic acids is 2. The quantitative estimate of drug-likeness (QED) is 0.204. The molecular formula is C26H23N3O6S. The van der Waals surface area contributed by atoms with Crippen molar-refractivity contribution in [1.29, 1.82) is 0 Å². The zero-order chi connectivity index (χ0) is 25.3. The standard InChI is InChI=1S/C26H23N3O6S/c27-29-28-21-23(35-25(32)18-12-6-2-7-13-18)22(30)20(16-33-24(31)17-10-4-1-5-11-17)34-26(21)36-19-14-8-3-9-15-19/h1-15,20-23,26,30H,16H2/t20?,21?,22-,23-,26+/m1/s1. The Morgan fingerprint density at radius 2 is 1.47 bits per heavy atom. The maximum Gasteiger partial charge on any atom is 0.338 e. The highest BCUT2D eigenvalue weighted by atomic mass is 32.2. The van der Waals surface area contributed by atoms with Gasteiger partial charge in [-0.1, -0.05) is 71.5 Å². The molecule has 0 bridgehead atoms. The van der Waals surface area contributed by atoms with E-state index in [9.17, 15) is 20.2 Å². The lowest BCUT2D eigenvalue weighted by atomic mass is 9.98. The summed E-state index contributed by atoms with van der Waals surface area (Å²) in [4.78, 5) is 29.0. The van der Waals surface area contributed by atoms with Crippen LogP contribution in [0, 0.1) is 0 Å². The van der Waals surface area contributed by atoms with Gasteiger partial charge in [-0.2, -0.15) is 0 Å². The highest BCUT2D eigenvalue weighted by Crippen LogP contribution is 2.36. The van der Waals surface area contributed by atoms with E-state index in [-0.39, 0.29) is 12.2 Å². The van der Waals surface area contributed by atoms with Crippen LogP contribution in [-0.2, 0) is 14.2 Å². The number of carbonyl (C=O) groups is 2. The minimum Gasteiger partial charge on any atom is -0.459 e. The molecule has 0 amide bonds. The Kier molecular flexibility index (Phi) is 8.59. The third kappa shape index (κ3) is 6.24. The molecule has 9 nitrogen and oxygen atoms in total. The van der Waals surface area contributed by atoms with E-state index in [0.717, 1.165) is 4.90 Å². The second-order valence-corrected chi connectivity index (χ2v) is 9.03. The fourth-order valence-corrected chi connectivity index (χ4v) is 4.80. The van der Waals surface area contributed by atoms with Gasteiger partial charge >= 0.3 is 11.9 Å². The molecule has 0 spiro atoms. The van der Waals surface area contributed by atoms with Crippen molar-refractivity contribution >= 4 is 23.7 Å². The van der Waals surface area contributed by atoms with Crippen LogP contribution in [0.4, 0.5) is 0 Å². The van der Waals surface area contributed by atoms with Gasteiger partial charge in [-0.3, -0.25) is 0 Å². The predicted molar refractivity (Wildman–Crippen MR) is 132 cm³/mol. The molecule has 3 aromatic rings. The average molecular weight is 506 g/mol. The topological polar surface area (TPSA) is 131 Å². The van der Waals surface area contributed by atoms with Crippen molar-refractivity contribution in [3.8, 4) is 0 Å². The number of ether oxygens (including phenoxy) is 3. The third-order valence-corrected chi connectivity index (χ3v) is 6.63. The van der Waals surface area contributed by atoms with Crippen LogP contribution >= 0.6 is 11.8 Å². The lowest BCUT2D eigenvalue weighted by Gasteiger charge is -2.42. The SMILES string of the molecule is [N-]=[N+]=NC1[C@@H](OC(=O)c2ccccc2)[C@H](O)C(COC(=O)c2ccccc2)O[C@H]1Sc1ccccc1. The Morgan fingerprint density at radius 3 is 2.06 bits per heavy atom. The van der Waals surface area contributed by atoms with Crippen molar-refractivity contribution in [2.75, 3.05) is 6.61 Å². The molecule has 0 aromatic heterocycles. The molecule has 1 heterocycles. The van der Waals surface area contributed by atoms with E-state index >= 15 is 0 Å². The Bertz CT molecular complexity index is 1210. The number of hydrogen-bond acceptors (Lipinski definition) is 8. The number of benzene rings is 3. The molecule has 1 saturated heterocycles. The number of nitrogens with zero attached hydrogens (tertiary/aromatic N) is 3. The molecule has 1 aliphatic heterocycles. The van der Waals surface area contributed by atoms with Crippen molar-refractivity contribution < 1.29 is 28.9 Å². The van der Waals surface area contributed by atoms with Gasteiger partial charge in [-0.25, -0.2) is 9.59 Å². The number of azide groups is 1. The minimum absolute atomic E-state index is 0.273. The number of rotatable bonds is 8. The van der Waals surface area contributed by atoms with E-state index < -0.39 is 41.7 Å². The largest absolute Gasteiger partial charge is 0.459 e. The molecule has 4 rings (SSSR count). The van der Waals surface area contributed by atoms with Gasteiger partial charge in [0.15, 0.2) is 0 Å². The predicted octanol–water partition coefficient (Wildman–Crippen LogP) is 4.63. The van der Waals surface area contributed by atoms with E-state index in [1.54, 1.807) is 60.7 Å². The molecule has 10 heteroatoms. The highest BCUT2D eigenvalue weighted by molar-refractivity contribution is 7.99. The average Bonchev–Trinajstić information content (AvgIpc) is 2.92. The van der Waals surface area contributed by atoms with Crippen molar-refractivity contribution in [2.24, 2.45) is 5.11 Å². The van der Waals surface area contributed by atoms with E-state index in [2.05, 4.69) is 10.0 Å². The van der Waals surface area contributed by atoms with Gasteiger partial charge in [0.2, 0.25) is 0 Å². The van der Waals surface area contributed by atoms with Crippen LogP contribution in [-0.4, -0.2) is 53.4 Å². The Morgan fingerprint density at radius 1 is 0.917 bits per heavy atom. The fourth-order valence-electron chi connectivity index (χ4n) is 3.67. The first-order valence-corrected chi connectivity index (χ1v) is 12.0. The normalized spacial score (nSPS) is 23.2. The van der Waals surface area contributed by atoms with E-state index in [1.807, 2.05) is 30.3 Å². The van der Waals surface area contributed by atoms with Gasteiger partial charge in [0.1, 0.15) is 36.4 Å². The zero-order valence-corrected chi connectivity index (χ0v) is 19.8. The summed E-state index contributed by atoms with van der Waals surface area (Å²) in [7, 11) is 0. The summed E-state index contributed by atoms with van der Waals surface area (Å²) in [5.41, 5.74) is 9.01. The van der Waals surface area contributed by atoms with E-state index in [4.69, 9.17) is 14.2 Å². The van der Waals surface area contributed by atoms with Crippen molar-refractivity contribution in [3.63, 3.8) is 0 Å². The summed E-state index contributed by atoms with van der Waals surface area (Å²) in [5.74, 6) is -1.28. The maximum atomic E-state index is 12.8. The Hall–Kier alpha value is -3.82. The summed E-state index contributed by atoms with van der Waals surface area (Å²) >= 11 is 1.25. The van der Waals surface area contributed by atoms with Crippen LogP contribution in [0.2, 0.25) is 0 Å². The number of esters is 2. The number of thioether (sulfide) groups is 1. The van der Waals surface area contributed by atoms with Crippen molar-refractivity contribution in [1.82, 2.24) is 0 Å². The summed E-state index contributed by atoms with van der Waals surface area (Å²) in [6, 6.07) is 24.9. The summed E-state index contributed by atoms with van der Waals surface area (Å²) in [6.45, 7) is -0.302. The second-order valence-electron chi connectivity index (χ2n) is 7.86. The molecule has 1 fully saturated rings. The summed E-state index contributed by atoms with van der Waals surface area (Å²) in [5, 5.41) is 14.9. The smallest absolute Gasteiger partial charge is 0.338 e. The van der Waals surface area contributed by atoms with Crippen LogP contribution in [0.25, 0.3) is 10.4 Å². The number of aliphatic hydroxyl groups is 1. The number of hydrogen-bond donors (Lipinski definition) is 1. The van der Waals surface area contributed by atoms with Gasteiger partial charge < -0.3 is 19.3 Å². The molecule has 0 radical (unpaired) electrons. The molecule has 1 N–H and O–H groups in total. The zero-order valence-electron chi connectivity index (χ0n) is 19.0. The fraction of sp³-hybridized carbons (Fsp3) is 0.231. The summed E-state index contributed by atoms with van der Waals surface area (Å²) < 4.78 is 17.1. The van der Waals surface area contributed by atoms with Crippen molar-refractivity contribution in [3.05, 3.63) is 113 Å². The van der Waals surface area contributed by atoms with Gasteiger partial charge in [-0.05, 0) is 41.9 Å². The van der Waals surface area contributed by atoms with Gasteiger partial charge in [0.25, 0.3) is 0 Å². The van der Waals surface area contributed by atoms with Crippen LogP contribution in [0.3, 0.4) is 0 Å². The third-order valence-electron chi connectivity index (χ3n) is 5.46. The lowest BCUT2D eigenvalue weighted by molar-refractivity contribution is -0.168. The molecule has 184 valence electrons. The first kappa shape index (κ1) is 25.3. The molecular weight excluding hydrogens is 482 g/mol. The van der Waals surface area contributed by atoms with E-state index in [0.29, 0.717) is 5.56 Å². The summed E-state index contributed by atoms with van der Waals surface area (Å²) in [6.07, 6.45) is -3.72. The monoisotopic (exact) mass is 505 g/mol. The molecule has 1 aliphatic rings. The Labute approximate surface area is 211 Å². The first-order chi connectivity index (χ1) is 17.6. The molecule has 5 atom stereocenters. The van der Waals surface area contributed by atoms with Crippen LogP contribution < -0.4 is 0 Å². The van der Waals surface area contributed by atoms with Crippen LogP contribution in [0.5, 0.6) is 0 Å². The van der Waals surface area contributed by atoms with E-state index in [1.165, 1.54) is 11.8 Å². The molecule has 2 unspecified atom stereocenters. The van der Waals surface area contributed by atoms with Crippen molar-refractivity contribution in [2.45, 2.75) is 34.7 Å².